The molecule has 0 aliphatic heterocycles. The van der Waals surface area contributed by atoms with Crippen molar-refractivity contribution in [2.45, 2.75) is 13.8 Å². The minimum atomic E-state index is -0.467. The Bertz CT molecular complexity index is 542. The van der Waals surface area contributed by atoms with Crippen molar-refractivity contribution in [3.05, 3.63) is 36.0 Å². The van der Waals surface area contributed by atoms with Crippen LogP contribution in [0.15, 0.2) is 36.0 Å². The first kappa shape index (κ1) is 17.3. The van der Waals surface area contributed by atoms with Crippen LogP contribution >= 0.6 is 0 Å². The number of allylic oxidation sites excluding steroid dienone is 3. The number of methoxy groups -OCH3 is 1. The number of rotatable bonds is 4. The van der Waals surface area contributed by atoms with Crippen LogP contribution in [-0.4, -0.2) is 25.7 Å². The Morgan fingerprint density at radius 1 is 1.15 bits per heavy atom. The van der Waals surface area contributed by atoms with Crippen molar-refractivity contribution in [2.75, 3.05) is 13.7 Å². The highest BCUT2D eigenvalue weighted by atomic mass is 16.5. The Kier molecular flexibility index (Phi) is 9.83. The molecule has 0 aromatic carbocycles. The molecule has 0 rings (SSSR count). The summed E-state index contributed by atoms with van der Waals surface area (Å²) in [5.41, 5.74) is 0.563. The third kappa shape index (κ3) is 9.32. The van der Waals surface area contributed by atoms with Crippen molar-refractivity contribution in [3.63, 3.8) is 0 Å². The van der Waals surface area contributed by atoms with Crippen LogP contribution in [0.25, 0.3) is 0 Å². The summed E-state index contributed by atoms with van der Waals surface area (Å²) in [7, 11) is 1.29. The predicted molar refractivity (Wildman–Crippen MR) is 76.2 cm³/mol. The lowest BCUT2D eigenvalue weighted by atomic mass is 10.3. The lowest BCUT2D eigenvalue weighted by Gasteiger charge is -1.99. The molecule has 20 heavy (non-hydrogen) atoms. The molecular weight excluding hydrogens is 256 g/mol. The highest BCUT2D eigenvalue weighted by Gasteiger charge is 2.01. The van der Waals surface area contributed by atoms with E-state index in [4.69, 9.17) is 4.74 Å². The van der Waals surface area contributed by atoms with Gasteiger partial charge in [-0.05, 0) is 43.9 Å². The first-order valence-electron chi connectivity index (χ1n) is 5.82. The van der Waals surface area contributed by atoms with Gasteiger partial charge in [0.15, 0.2) is 0 Å². The first-order chi connectivity index (χ1) is 9.61. The van der Waals surface area contributed by atoms with Crippen LogP contribution in [0, 0.1) is 23.7 Å². The van der Waals surface area contributed by atoms with E-state index in [1.807, 2.05) is 0 Å². The van der Waals surface area contributed by atoms with E-state index in [1.54, 1.807) is 26.0 Å². The molecule has 0 spiro atoms. The van der Waals surface area contributed by atoms with Crippen LogP contribution in [0.2, 0.25) is 0 Å². The molecule has 0 atom stereocenters. The smallest absolute Gasteiger partial charge is 0.333 e. The molecule has 0 amide bonds. The summed E-state index contributed by atoms with van der Waals surface area (Å²) in [6, 6.07) is 0. The molecule has 0 radical (unpaired) electrons. The quantitative estimate of drug-likeness (QED) is 0.445. The Morgan fingerprint density at radius 2 is 1.80 bits per heavy atom. The number of esters is 2. The van der Waals surface area contributed by atoms with Gasteiger partial charge in [-0.15, -0.1) is 0 Å². The van der Waals surface area contributed by atoms with E-state index in [-0.39, 0.29) is 12.6 Å². The van der Waals surface area contributed by atoms with Crippen molar-refractivity contribution in [3.8, 4) is 23.7 Å². The summed E-state index contributed by atoms with van der Waals surface area (Å²) in [4.78, 5) is 21.9. The maximum Gasteiger partial charge on any atom is 0.333 e. The van der Waals surface area contributed by atoms with Crippen LogP contribution < -0.4 is 0 Å². The molecule has 0 aliphatic carbocycles. The normalized spacial score (nSPS) is 10.4. The van der Waals surface area contributed by atoms with Gasteiger partial charge < -0.3 is 9.47 Å². The van der Waals surface area contributed by atoms with E-state index in [2.05, 4.69) is 28.4 Å². The minimum absolute atomic E-state index is 0.161. The number of carbonyl (C=O) groups excluding carboxylic acids is 2. The summed E-state index contributed by atoms with van der Waals surface area (Å²) < 4.78 is 9.30. The Balaban J connectivity index is 4.02. The topological polar surface area (TPSA) is 52.6 Å². The van der Waals surface area contributed by atoms with Gasteiger partial charge in [0.05, 0.1) is 7.11 Å². The summed E-state index contributed by atoms with van der Waals surface area (Å²) in [5.74, 6) is 9.44. The van der Waals surface area contributed by atoms with Crippen LogP contribution in [0.3, 0.4) is 0 Å². The average Bonchev–Trinajstić information content (AvgIpc) is 2.47. The van der Waals surface area contributed by atoms with E-state index in [0.717, 1.165) is 0 Å². The van der Waals surface area contributed by atoms with E-state index in [0.29, 0.717) is 5.57 Å². The molecule has 0 aliphatic rings. The first-order valence-corrected chi connectivity index (χ1v) is 5.82. The van der Waals surface area contributed by atoms with Gasteiger partial charge in [-0.2, -0.15) is 0 Å². The van der Waals surface area contributed by atoms with Gasteiger partial charge in [0.2, 0.25) is 0 Å². The predicted octanol–water partition coefficient (Wildman–Crippen LogP) is 1.79. The van der Waals surface area contributed by atoms with Gasteiger partial charge in [0.25, 0.3) is 0 Å². The Hall–Kier alpha value is -2.72. The molecule has 0 fully saturated rings. The molecule has 4 heteroatoms. The maximum atomic E-state index is 11.2. The fourth-order valence-electron chi connectivity index (χ4n) is 0.796. The van der Waals surface area contributed by atoms with Crippen molar-refractivity contribution < 1.29 is 19.1 Å². The molecule has 0 heterocycles. The molecule has 0 N–H and O–H groups in total. The third-order valence-electron chi connectivity index (χ3n) is 1.98. The summed E-state index contributed by atoms with van der Waals surface area (Å²) >= 11 is 0. The molecule has 0 aromatic rings. The second kappa shape index (κ2) is 11.4. The second-order valence-corrected chi connectivity index (χ2v) is 3.37. The van der Waals surface area contributed by atoms with Gasteiger partial charge in [-0.1, -0.05) is 17.9 Å². The lowest BCUT2D eigenvalue weighted by molar-refractivity contribution is -0.138. The molecule has 0 aromatic heterocycles. The lowest BCUT2D eigenvalue weighted by Crippen LogP contribution is -2.05. The maximum absolute atomic E-state index is 11.2. The standard InChI is InChI=1S/C16H16O4/c1-4-14(2)16(18)20-13-11-9-7-5-6-8-10-12-15(17)19-3/h4,9-12H,13H2,1-3H3/b11-9-,12-10+,14-4+. The number of ether oxygens (including phenoxy) is 2. The zero-order chi connectivity index (χ0) is 15.2. The van der Waals surface area contributed by atoms with Crippen molar-refractivity contribution in [1.82, 2.24) is 0 Å². The average molecular weight is 272 g/mol. The van der Waals surface area contributed by atoms with Crippen LogP contribution in [0.1, 0.15) is 13.8 Å². The molecule has 0 saturated carbocycles. The Labute approximate surface area is 119 Å². The van der Waals surface area contributed by atoms with Gasteiger partial charge in [0, 0.05) is 11.6 Å². The fraction of sp³-hybridized carbons (Fsp3) is 0.250. The molecule has 0 saturated heterocycles. The van der Waals surface area contributed by atoms with Gasteiger partial charge in [-0.3, -0.25) is 0 Å². The van der Waals surface area contributed by atoms with E-state index < -0.39 is 5.97 Å². The minimum Gasteiger partial charge on any atom is -0.466 e. The highest BCUT2D eigenvalue weighted by Crippen LogP contribution is 1.95. The SMILES string of the molecule is C/C=C(\C)C(=O)OC/C=C\C#CC#C/C=C/C(=O)OC. The third-order valence-corrected chi connectivity index (χ3v) is 1.98. The van der Waals surface area contributed by atoms with E-state index in [1.165, 1.54) is 25.3 Å². The van der Waals surface area contributed by atoms with Crippen LogP contribution in [0.4, 0.5) is 0 Å². The van der Waals surface area contributed by atoms with E-state index >= 15 is 0 Å². The highest BCUT2D eigenvalue weighted by molar-refractivity contribution is 5.87. The van der Waals surface area contributed by atoms with Gasteiger partial charge >= 0.3 is 11.9 Å². The summed E-state index contributed by atoms with van der Waals surface area (Å²) in [6.45, 7) is 3.61. The molecular formula is C16H16O4. The van der Waals surface area contributed by atoms with Crippen molar-refractivity contribution >= 4 is 11.9 Å². The Morgan fingerprint density at radius 3 is 2.40 bits per heavy atom. The zero-order valence-electron chi connectivity index (χ0n) is 11.7. The summed E-state index contributed by atoms with van der Waals surface area (Å²) in [6.07, 6.45) is 7.39. The summed E-state index contributed by atoms with van der Waals surface area (Å²) in [5, 5.41) is 0. The number of hydrogen-bond donors (Lipinski definition) is 0. The molecule has 0 bridgehead atoms. The molecule has 0 unspecified atom stereocenters. The van der Waals surface area contributed by atoms with Crippen LogP contribution in [-0.2, 0) is 19.1 Å². The van der Waals surface area contributed by atoms with E-state index in [9.17, 15) is 9.59 Å². The van der Waals surface area contributed by atoms with Crippen LogP contribution in [0.5, 0.6) is 0 Å². The zero-order valence-corrected chi connectivity index (χ0v) is 11.7. The molecule has 4 nitrogen and oxygen atoms in total. The van der Waals surface area contributed by atoms with Crippen molar-refractivity contribution in [1.29, 1.82) is 0 Å². The monoisotopic (exact) mass is 272 g/mol. The largest absolute Gasteiger partial charge is 0.466 e. The molecule has 104 valence electrons. The van der Waals surface area contributed by atoms with Gasteiger partial charge in [-0.25, -0.2) is 9.59 Å². The van der Waals surface area contributed by atoms with Crippen molar-refractivity contribution in [2.24, 2.45) is 0 Å². The second-order valence-electron chi connectivity index (χ2n) is 3.37. The van der Waals surface area contributed by atoms with Gasteiger partial charge in [0.1, 0.15) is 6.61 Å². The fourth-order valence-corrected chi connectivity index (χ4v) is 0.796. The number of carbonyl (C=O) groups is 2. The number of hydrogen-bond acceptors (Lipinski definition) is 4.